The molecule has 3 radical (unpaired) electrons. The molecule has 8 heteroatoms. The molecule has 0 unspecified atom stereocenters. The van der Waals surface area contributed by atoms with Gasteiger partial charge in [0.25, 0.3) is 0 Å². The van der Waals surface area contributed by atoms with Crippen LogP contribution in [-0.2, 0) is 19.4 Å². The molecule has 2 rings (SSSR count). The van der Waals surface area contributed by atoms with Crippen molar-refractivity contribution in [3.8, 4) is 0 Å². The standard InChI is InChI=1S/C17H21N.6FH.Sb/c1-3-15-11-8-12-17(16(15)4-2)18-13-14-9-6-5-7-10-14;;;;;;;/h5-12,18H,3-4,13H2,1-2H3;6*1H;. The van der Waals surface area contributed by atoms with Gasteiger partial charge < -0.3 is 5.32 Å². The molecule has 0 aliphatic carbocycles. The third kappa shape index (κ3) is 11.0. The third-order valence-corrected chi connectivity index (χ3v) is 3.33. The summed E-state index contributed by atoms with van der Waals surface area (Å²) in [6, 6.07) is 17.1. The van der Waals surface area contributed by atoms with Gasteiger partial charge in [-0.25, -0.2) is 0 Å². The zero-order chi connectivity index (χ0) is 12.8. The van der Waals surface area contributed by atoms with Crippen LogP contribution in [0.2, 0.25) is 0 Å². The molecule has 0 bridgehead atoms. The molecule has 0 amide bonds. The molecule has 0 saturated carbocycles. The Balaban J connectivity index is -0.000000129. The maximum absolute atomic E-state index is 3.56. The van der Waals surface area contributed by atoms with Gasteiger partial charge in [0.05, 0.1) is 0 Å². The molecule has 0 fully saturated rings. The molecule has 25 heavy (non-hydrogen) atoms. The molecular weight excluding hydrogens is 454 g/mol. The molecule has 0 aliphatic rings. The first-order valence-electron chi connectivity index (χ1n) is 6.73. The Hall–Kier alpha value is -1.36. The third-order valence-electron chi connectivity index (χ3n) is 3.33. The quantitative estimate of drug-likeness (QED) is 0.471. The van der Waals surface area contributed by atoms with E-state index < -0.39 is 0 Å². The van der Waals surface area contributed by atoms with E-state index in [2.05, 4.69) is 67.7 Å². The zero-order valence-electron chi connectivity index (χ0n) is 14.1. The van der Waals surface area contributed by atoms with E-state index in [1.54, 1.807) is 0 Å². The van der Waals surface area contributed by atoms with Crippen LogP contribution in [-0.4, -0.2) is 24.4 Å². The summed E-state index contributed by atoms with van der Waals surface area (Å²) in [6.45, 7) is 5.33. The summed E-state index contributed by atoms with van der Waals surface area (Å²) in [5.74, 6) is 0. The van der Waals surface area contributed by atoms with Gasteiger partial charge in [-0.3, -0.25) is 28.2 Å². The van der Waals surface area contributed by atoms with E-state index in [9.17, 15) is 0 Å². The number of rotatable bonds is 5. The van der Waals surface area contributed by atoms with Crippen molar-refractivity contribution in [3.05, 3.63) is 65.2 Å². The fraction of sp³-hybridized carbons (Fsp3) is 0.294. The summed E-state index contributed by atoms with van der Waals surface area (Å²) in [4.78, 5) is 0. The van der Waals surface area contributed by atoms with E-state index in [1.807, 2.05) is 0 Å². The molecule has 0 spiro atoms. The van der Waals surface area contributed by atoms with Gasteiger partial charge in [0.2, 0.25) is 0 Å². The second kappa shape index (κ2) is 20.7. The molecule has 0 saturated heterocycles. The number of hydrogen-bond acceptors (Lipinski definition) is 1. The fourth-order valence-corrected chi connectivity index (χ4v) is 2.34. The minimum absolute atomic E-state index is 0. The normalized spacial score (nSPS) is 7.44. The summed E-state index contributed by atoms with van der Waals surface area (Å²) in [5.41, 5.74) is 5.51. The summed E-state index contributed by atoms with van der Waals surface area (Å²) < 4.78 is 0. The zero-order valence-corrected chi connectivity index (χ0v) is 16.7. The van der Waals surface area contributed by atoms with Crippen molar-refractivity contribution < 1.29 is 28.2 Å². The van der Waals surface area contributed by atoms with E-state index >= 15 is 0 Å². The van der Waals surface area contributed by atoms with Crippen molar-refractivity contribution in [2.45, 2.75) is 33.2 Å². The van der Waals surface area contributed by atoms with Crippen LogP contribution in [0.25, 0.3) is 0 Å². The van der Waals surface area contributed by atoms with Gasteiger partial charge in [0.1, 0.15) is 0 Å². The van der Waals surface area contributed by atoms with Gasteiger partial charge in [0.15, 0.2) is 0 Å². The smallest absolute Gasteiger partial charge is 0.0400 e. The number of anilines is 1. The Kier molecular flexibility index (Phi) is 32.2. The van der Waals surface area contributed by atoms with E-state index in [-0.39, 0.29) is 52.7 Å². The van der Waals surface area contributed by atoms with Crippen LogP contribution in [0.4, 0.5) is 33.9 Å². The summed E-state index contributed by atoms with van der Waals surface area (Å²) in [7, 11) is 0. The van der Waals surface area contributed by atoms with Crippen molar-refractivity contribution in [2.75, 3.05) is 5.32 Å². The maximum Gasteiger partial charge on any atom is 0.0400 e. The van der Waals surface area contributed by atoms with Gasteiger partial charge in [0, 0.05) is 36.7 Å². The SMILES string of the molecule is CCc1cccc(NCc2ccccc2)c1CC.F.F.F.F.F.F.[Sb]. The van der Waals surface area contributed by atoms with Crippen molar-refractivity contribution in [3.63, 3.8) is 0 Å². The number of aryl methyl sites for hydroxylation is 1. The van der Waals surface area contributed by atoms with Gasteiger partial charge >= 0.3 is 0 Å². The van der Waals surface area contributed by atoms with Crippen LogP contribution in [0.15, 0.2) is 48.5 Å². The predicted molar refractivity (Wildman–Crippen MR) is 99.7 cm³/mol. The second-order valence-electron chi connectivity index (χ2n) is 4.49. The molecule has 1 N–H and O–H groups in total. The van der Waals surface area contributed by atoms with Crippen LogP contribution in [0.5, 0.6) is 0 Å². The Morgan fingerprint density at radius 1 is 0.680 bits per heavy atom. The number of halogens is 6. The van der Waals surface area contributed by atoms with Crippen LogP contribution in [0, 0.1) is 0 Å². The molecule has 2 aromatic rings. The number of hydrogen-bond donors (Lipinski definition) is 1. The van der Waals surface area contributed by atoms with Crippen molar-refractivity contribution in [1.29, 1.82) is 0 Å². The molecule has 147 valence electrons. The van der Waals surface area contributed by atoms with Crippen LogP contribution in [0.1, 0.15) is 30.5 Å². The minimum Gasteiger partial charge on any atom is -0.381 e. The number of nitrogens with one attached hydrogen (secondary N) is 1. The van der Waals surface area contributed by atoms with Gasteiger partial charge in [-0.05, 0) is 35.6 Å². The predicted octanol–water partition coefficient (Wildman–Crippen LogP) is 4.96. The Morgan fingerprint density at radius 3 is 1.72 bits per heavy atom. The van der Waals surface area contributed by atoms with Crippen LogP contribution >= 0.6 is 0 Å². The molecule has 0 aliphatic heterocycles. The Bertz CT molecular complexity index is 514. The van der Waals surface area contributed by atoms with Crippen LogP contribution < -0.4 is 5.32 Å². The van der Waals surface area contributed by atoms with Crippen molar-refractivity contribution >= 4 is 30.1 Å². The summed E-state index contributed by atoms with van der Waals surface area (Å²) >= 11 is 0. The van der Waals surface area contributed by atoms with Gasteiger partial charge in [-0.2, -0.15) is 0 Å². The summed E-state index contributed by atoms with van der Waals surface area (Å²) in [5, 5.41) is 3.56. The molecule has 0 heterocycles. The molecule has 2 aromatic carbocycles. The van der Waals surface area contributed by atoms with E-state index in [4.69, 9.17) is 0 Å². The second-order valence-corrected chi connectivity index (χ2v) is 4.49. The molecule has 0 aromatic heterocycles. The summed E-state index contributed by atoms with van der Waals surface area (Å²) in [6.07, 6.45) is 2.19. The average molecular weight is 481 g/mol. The average Bonchev–Trinajstić information content (AvgIpc) is 2.45. The van der Waals surface area contributed by atoms with Crippen LogP contribution in [0.3, 0.4) is 0 Å². The first-order valence-corrected chi connectivity index (χ1v) is 6.73. The van der Waals surface area contributed by atoms with E-state index in [0.29, 0.717) is 0 Å². The molecule has 0 atom stereocenters. The first-order chi connectivity index (χ1) is 8.85. The fourth-order valence-electron chi connectivity index (χ4n) is 2.34. The van der Waals surface area contributed by atoms with Crippen molar-refractivity contribution in [2.24, 2.45) is 0 Å². The van der Waals surface area contributed by atoms with E-state index in [1.165, 1.54) is 22.4 Å². The van der Waals surface area contributed by atoms with Gasteiger partial charge in [-0.15, -0.1) is 0 Å². The topological polar surface area (TPSA) is 12.0 Å². The first kappa shape index (κ1) is 38.9. The Labute approximate surface area is 162 Å². The Morgan fingerprint density at radius 2 is 1.24 bits per heavy atom. The van der Waals surface area contributed by atoms with Crippen molar-refractivity contribution in [1.82, 2.24) is 0 Å². The molecule has 1 nitrogen and oxygen atoms in total. The monoisotopic (exact) mass is 480 g/mol. The largest absolute Gasteiger partial charge is 0.381 e. The maximum atomic E-state index is 3.56. The van der Waals surface area contributed by atoms with E-state index in [0.717, 1.165) is 19.4 Å². The minimum atomic E-state index is 0. The van der Waals surface area contributed by atoms with Gasteiger partial charge in [-0.1, -0.05) is 56.3 Å². The number of benzene rings is 2. The molecular formula is C17H27F6NSb.